The molecule has 258 valence electrons. The van der Waals surface area contributed by atoms with E-state index in [0.29, 0.717) is 16.2 Å². The first kappa shape index (κ1) is 40.9. The molecule has 0 aromatic rings. The summed E-state index contributed by atoms with van der Waals surface area (Å²) in [4.78, 5) is 10.0. The van der Waals surface area contributed by atoms with Crippen molar-refractivity contribution in [1.29, 1.82) is 0 Å². The van der Waals surface area contributed by atoms with Gasteiger partial charge in [0.05, 0.1) is 0 Å². The molecular formula is C39H82N4. The fourth-order valence-corrected chi connectivity index (χ4v) is 7.58. The van der Waals surface area contributed by atoms with Crippen LogP contribution in [0.1, 0.15) is 134 Å². The van der Waals surface area contributed by atoms with Gasteiger partial charge in [0.25, 0.3) is 0 Å². The molecule has 0 aromatic heterocycles. The van der Waals surface area contributed by atoms with Gasteiger partial charge in [-0.2, -0.15) is 0 Å². The molecule has 4 heteroatoms. The highest BCUT2D eigenvalue weighted by Gasteiger charge is 2.29. The van der Waals surface area contributed by atoms with E-state index in [9.17, 15) is 0 Å². The lowest BCUT2D eigenvalue weighted by atomic mass is 9.73. The van der Waals surface area contributed by atoms with Crippen LogP contribution in [0.4, 0.5) is 0 Å². The maximum absolute atomic E-state index is 2.59. The topological polar surface area (TPSA) is 13.0 Å². The fourth-order valence-electron chi connectivity index (χ4n) is 7.58. The molecule has 0 radical (unpaired) electrons. The van der Waals surface area contributed by atoms with Crippen LogP contribution in [0.25, 0.3) is 0 Å². The van der Waals surface area contributed by atoms with Crippen LogP contribution in [0.5, 0.6) is 0 Å². The largest absolute Gasteiger partial charge is 0.306 e. The zero-order valence-corrected chi connectivity index (χ0v) is 32.3. The maximum atomic E-state index is 2.59. The second kappa shape index (κ2) is 19.5. The third-order valence-electron chi connectivity index (χ3n) is 11.0. The number of hydrogen-bond acceptors (Lipinski definition) is 4. The lowest BCUT2D eigenvalue weighted by Gasteiger charge is -2.37. The van der Waals surface area contributed by atoms with E-state index in [2.05, 4.69) is 117 Å². The van der Waals surface area contributed by atoms with Gasteiger partial charge in [-0.05, 0) is 125 Å². The predicted octanol–water partition coefficient (Wildman–Crippen LogP) is 9.25. The van der Waals surface area contributed by atoms with E-state index in [0.717, 1.165) is 23.7 Å². The third-order valence-corrected chi connectivity index (χ3v) is 11.0. The molecule has 3 aliphatic rings. The Labute approximate surface area is 273 Å². The minimum atomic E-state index is 0.454. The summed E-state index contributed by atoms with van der Waals surface area (Å²) >= 11 is 0. The summed E-state index contributed by atoms with van der Waals surface area (Å²) in [5.41, 5.74) is 1.45. The van der Waals surface area contributed by atoms with Crippen molar-refractivity contribution in [2.45, 2.75) is 134 Å². The van der Waals surface area contributed by atoms with Gasteiger partial charge in [-0.1, -0.05) is 95.9 Å². The standard InChI is InChI=1S/C15H31N.C14H29N.C10H22N2/c1-6-14(15(3,4)5)12-13-8-10-16(7-2)11-9-13;1-6-13(14(2,3)4)11-12-7-9-15(5)10-8-12;1-10(2,3)9-12-7-5-11(4)6-8-12/h13-14H,6-12H2,1-5H3;12-13H,6-11H2,1-5H3;5-9H2,1-4H3. The van der Waals surface area contributed by atoms with E-state index < -0.39 is 0 Å². The molecule has 3 saturated heterocycles. The molecule has 0 spiro atoms. The van der Waals surface area contributed by atoms with Crippen LogP contribution in [0, 0.1) is 39.9 Å². The molecule has 0 saturated carbocycles. The van der Waals surface area contributed by atoms with E-state index in [1.54, 1.807) is 0 Å². The fraction of sp³-hybridized carbons (Fsp3) is 1.00. The molecular weight excluding hydrogens is 524 g/mol. The van der Waals surface area contributed by atoms with Gasteiger partial charge in [0.1, 0.15) is 0 Å². The molecule has 4 nitrogen and oxygen atoms in total. The first-order valence-electron chi connectivity index (χ1n) is 18.7. The number of nitrogens with zero attached hydrogens (tertiary/aromatic N) is 4. The van der Waals surface area contributed by atoms with Crippen LogP contribution >= 0.6 is 0 Å². The molecule has 0 aromatic carbocycles. The van der Waals surface area contributed by atoms with Crippen molar-refractivity contribution in [2.24, 2.45) is 39.9 Å². The van der Waals surface area contributed by atoms with Crippen molar-refractivity contribution in [3.8, 4) is 0 Å². The number of likely N-dealkylation sites (tertiary alicyclic amines) is 2. The zero-order valence-electron chi connectivity index (χ0n) is 32.3. The highest BCUT2D eigenvalue weighted by molar-refractivity contribution is 4.80. The molecule has 2 unspecified atom stereocenters. The second-order valence-electron chi connectivity index (χ2n) is 18.2. The Kier molecular flexibility index (Phi) is 18.5. The molecule has 2 atom stereocenters. The Bertz CT molecular complexity index is 675. The third kappa shape index (κ3) is 17.9. The molecule has 3 fully saturated rings. The lowest BCUT2D eigenvalue weighted by molar-refractivity contribution is 0.117. The summed E-state index contributed by atoms with van der Waals surface area (Å²) in [6.07, 6.45) is 11.3. The number of piperazine rings is 1. The van der Waals surface area contributed by atoms with Gasteiger partial charge in [-0.15, -0.1) is 0 Å². The van der Waals surface area contributed by atoms with Crippen molar-refractivity contribution >= 4 is 0 Å². The quantitative estimate of drug-likeness (QED) is 0.273. The number of rotatable bonds is 8. The summed E-state index contributed by atoms with van der Waals surface area (Å²) in [6.45, 7) is 41.1. The molecule has 0 aliphatic carbocycles. The predicted molar refractivity (Wildman–Crippen MR) is 194 cm³/mol. The Balaban J connectivity index is 0.000000326. The van der Waals surface area contributed by atoms with Gasteiger partial charge in [0, 0.05) is 32.7 Å². The Morgan fingerprint density at radius 2 is 0.884 bits per heavy atom. The monoisotopic (exact) mass is 607 g/mol. The van der Waals surface area contributed by atoms with Gasteiger partial charge >= 0.3 is 0 Å². The van der Waals surface area contributed by atoms with Crippen LogP contribution in [-0.2, 0) is 0 Å². The zero-order chi connectivity index (χ0) is 32.8. The molecule has 0 N–H and O–H groups in total. The lowest BCUT2D eigenvalue weighted by Crippen LogP contribution is -2.47. The minimum absolute atomic E-state index is 0.454. The average Bonchev–Trinajstić information content (AvgIpc) is 2.91. The molecule has 3 heterocycles. The molecule has 3 rings (SSSR count). The summed E-state index contributed by atoms with van der Waals surface area (Å²) in [6, 6.07) is 0. The molecule has 3 aliphatic heterocycles. The van der Waals surface area contributed by atoms with Crippen LogP contribution < -0.4 is 0 Å². The first-order chi connectivity index (χ1) is 19.9. The van der Waals surface area contributed by atoms with E-state index in [1.165, 1.54) is 117 Å². The van der Waals surface area contributed by atoms with Crippen molar-refractivity contribution < 1.29 is 0 Å². The smallest absolute Gasteiger partial charge is 0.0110 e. The maximum Gasteiger partial charge on any atom is 0.0110 e. The van der Waals surface area contributed by atoms with Crippen LogP contribution in [0.15, 0.2) is 0 Å². The number of hydrogen-bond donors (Lipinski definition) is 0. The Morgan fingerprint density at radius 3 is 1.21 bits per heavy atom. The van der Waals surface area contributed by atoms with Crippen molar-refractivity contribution in [1.82, 2.24) is 19.6 Å². The van der Waals surface area contributed by atoms with Crippen molar-refractivity contribution in [3.05, 3.63) is 0 Å². The molecule has 43 heavy (non-hydrogen) atoms. The highest BCUT2D eigenvalue weighted by atomic mass is 15.2. The van der Waals surface area contributed by atoms with Crippen LogP contribution in [0.2, 0.25) is 0 Å². The Morgan fingerprint density at radius 1 is 0.512 bits per heavy atom. The summed E-state index contributed by atoms with van der Waals surface area (Å²) in [7, 11) is 4.45. The van der Waals surface area contributed by atoms with E-state index in [-0.39, 0.29) is 0 Å². The van der Waals surface area contributed by atoms with Crippen molar-refractivity contribution in [3.63, 3.8) is 0 Å². The van der Waals surface area contributed by atoms with Gasteiger partial charge < -0.3 is 19.6 Å². The minimum Gasteiger partial charge on any atom is -0.306 e. The Hall–Kier alpha value is -0.160. The normalized spacial score (nSPS) is 22.7. The summed E-state index contributed by atoms with van der Waals surface area (Å²) < 4.78 is 0. The highest BCUT2D eigenvalue weighted by Crippen LogP contribution is 2.37. The van der Waals surface area contributed by atoms with Crippen molar-refractivity contribution in [2.75, 3.05) is 79.5 Å². The van der Waals surface area contributed by atoms with Gasteiger partial charge in [-0.25, -0.2) is 0 Å². The average molecular weight is 607 g/mol. The van der Waals surface area contributed by atoms with Gasteiger partial charge in [0.15, 0.2) is 0 Å². The summed E-state index contributed by atoms with van der Waals surface area (Å²) in [5, 5.41) is 0. The molecule has 0 amide bonds. The first-order valence-corrected chi connectivity index (χ1v) is 18.7. The SMILES string of the molecule is CCC(CC1CCN(C)CC1)C(C)(C)C.CCC(CC1CCN(CC)CC1)C(C)(C)C.CN1CCN(CC(C)(C)C)CC1. The van der Waals surface area contributed by atoms with E-state index >= 15 is 0 Å². The second-order valence-corrected chi connectivity index (χ2v) is 18.2. The van der Waals surface area contributed by atoms with E-state index in [4.69, 9.17) is 0 Å². The number of likely N-dealkylation sites (N-methyl/N-ethyl adjacent to an activating group) is 1. The van der Waals surface area contributed by atoms with Gasteiger partial charge in [-0.3, -0.25) is 0 Å². The molecule has 0 bridgehead atoms. The number of piperidine rings is 2. The van der Waals surface area contributed by atoms with Crippen LogP contribution in [0.3, 0.4) is 0 Å². The summed E-state index contributed by atoms with van der Waals surface area (Å²) in [5.74, 6) is 3.80. The van der Waals surface area contributed by atoms with Gasteiger partial charge in [0.2, 0.25) is 0 Å². The van der Waals surface area contributed by atoms with Crippen LogP contribution in [-0.4, -0.2) is 99.1 Å². The van der Waals surface area contributed by atoms with E-state index in [1.807, 2.05) is 0 Å².